The Morgan fingerprint density at radius 3 is 2.95 bits per heavy atom. The summed E-state index contributed by atoms with van der Waals surface area (Å²) in [5, 5.41) is 0. The standard InChI is InChI=1S/C15H20N2O3S/c1-11(14(18)20-2)10-21-9-5-8-17-13-7-4-3-6-12(13)16-15(17)19/h3-4,6-7,11H,5,8-10H2,1-2H3,(H,16,19). The third-order valence-electron chi connectivity index (χ3n) is 3.32. The lowest BCUT2D eigenvalue weighted by atomic mass is 10.2. The van der Waals surface area contributed by atoms with Crippen LogP contribution < -0.4 is 5.69 Å². The molecule has 0 bridgehead atoms. The molecule has 2 aromatic rings. The number of methoxy groups -OCH3 is 1. The lowest BCUT2D eigenvalue weighted by Gasteiger charge is -2.08. The van der Waals surface area contributed by atoms with Crippen LogP contribution in [0.2, 0.25) is 0 Å². The normalized spacial score (nSPS) is 12.5. The Morgan fingerprint density at radius 2 is 2.19 bits per heavy atom. The van der Waals surface area contributed by atoms with Crippen LogP contribution in [0.3, 0.4) is 0 Å². The maximum atomic E-state index is 11.9. The van der Waals surface area contributed by atoms with Crippen molar-refractivity contribution in [3.63, 3.8) is 0 Å². The molecular weight excluding hydrogens is 288 g/mol. The van der Waals surface area contributed by atoms with Gasteiger partial charge in [-0.05, 0) is 24.3 Å². The van der Waals surface area contributed by atoms with Gasteiger partial charge in [0.1, 0.15) is 0 Å². The number of aromatic amines is 1. The molecule has 0 saturated heterocycles. The molecule has 1 unspecified atom stereocenters. The Labute approximate surface area is 127 Å². The molecule has 0 aliphatic heterocycles. The van der Waals surface area contributed by atoms with Gasteiger partial charge in [-0.3, -0.25) is 9.36 Å². The summed E-state index contributed by atoms with van der Waals surface area (Å²) < 4.78 is 6.45. The first-order valence-corrected chi connectivity index (χ1v) is 8.12. The van der Waals surface area contributed by atoms with Gasteiger partial charge in [0.15, 0.2) is 0 Å². The van der Waals surface area contributed by atoms with E-state index in [2.05, 4.69) is 4.98 Å². The smallest absolute Gasteiger partial charge is 0.326 e. The van der Waals surface area contributed by atoms with Crippen molar-refractivity contribution in [2.24, 2.45) is 5.92 Å². The molecule has 0 saturated carbocycles. The summed E-state index contributed by atoms with van der Waals surface area (Å²) in [4.78, 5) is 26.0. The maximum absolute atomic E-state index is 11.9. The molecule has 6 heteroatoms. The molecule has 0 radical (unpaired) electrons. The zero-order chi connectivity index (χ0) is 15.2. The maximum Gasteiger partial charge on any atom is 0.326 e. The highest BCUT2D eigenvalue weighted by molar-refractivity contribution is 7.99. The van der Waals surface area contributed by atoms with Crippen LogP contribution in [0.5, 0.6) is 0 Å². The SMILES string of the molecule is COC(=O)C(C)CSCCCn1c(=O)[nH]c2ccccc21. The molecule has 2 rings (SSSR count). The molecule has 0 spiro atoms. The number of H-pyrrole nitrogens is 1. The lowest BCUT2D eigenvalue weighted by molar-refractivity contribution is -0.143. The summed E-state index contributed by atoms with van der Waals surface area (Å²) in [6.45, 7) is 2.55. The number of benzene rings is 1. The van der Waals surface area contributed by atoms with Crippen molar-refractivity contribution in [1.29, 1.82) is 0 Å². The van der Waals surface area contributed by atoms with Crippen LogP contribution in [0.1, 0.15) is 13.3 Å². The number of thioether (sulfide) groups is 1. The number of imidazole rings is 1. The van der Waals surface area contributed by atoms with Crippen LogP contribution in [0.15, 0.2) is 29.1 Å². The van der Waals surface area contributed by atoms with E-state index in [4.69, 9.17) is 4.74 Å². The number of para-hydroxylation sites is 2. The van der Waals surface area contributed by atoms with E-state index in [-0.39, 0.29) is 17.6 Å². The minimum atomic E-state index is -0.171. The minimum absolute atomic E-state index is 0.0656. The summed E-state index contributed by atoms with van der Waals surface area (Å²) in [7, 11) is 1.41. The van der Waals surface area contributed by atoms with Gasteiger partial charge in [-0.1, -0.05) is 19.1 Å². The number of esters is 1. The number of nitrogens with zero attached hydrogens (tertiary/aromatic N) is 1. The summed E-state index contributed by atoms with van der Waals surface area (Å²) >= 11 is 1.71. The van der Waals surface area contributed by atoms with Gasteiger partial charge in [-0.2, -0.15) is 11.8 Å². The van der Waals surface area contributed by atoms with Crippen molar-refractivity contribution >= 4 is 28.8 Å². The number of carbonyl (C=O) groups excluding carboxylic acids is 1. The van der Waals surface area contributed by atoms with Gasteiger partial charge in [-0.15, -0.1) is 0 Å². The number of rotatable bonds is 7. The van der Waals surface area contributed by atoms with Crippen molar-refractivity contribution < 1.29 is 9.53 Å². The Balaban J connectivity index is 1.82. The van der Waals surface area contributed by atoms with Gasteiger partial charge in [-0.25, -0.2) is 4.79 Å². The first-order valence-electron chi connectivity index (χ1n) is 6.96. The molecule has 1 heterocycles. The number of nitrogens with one attached hydrogen (secondary N) is 1. The molecule has 21 heavy (non-hydrogen) atoms. The van der Waals surface area contributed by atoms with Gasteiger partial charge in [0.05, 0.1) is 24.1 Å². The Kier molecular flexibility index (Phi) is 5.50. The van der Waals surface area contributed by atoms with Gasteiger partial charge < -0.3 is 9.72 Å². The Morgan fingerprint density at radius 1 is 1.43 bits per heavy atom. The number of carbonyl (C=O) groups is 1. The second kappa shape index (κ2) is 7.36. The predicted octanol–water partition coefficient (Wildman–Crippen LogP) is 2.26. The first kappa shape index (κ1) is 15.7. The minimum Gasteiger partial charge on any atom is -0.469 e. The van der Waals surface area contributed by atoms with Crippen LogP contribution in [-0.4, -0.2) is 34.1 Å². The molecule has 0 amide bonds. The second-order valence-electron chi connectivity index (χ2n) is 4.95. The van der Waals surface area contributed by atoms with Gasteiger partial charge in [0, 0.05) is 12.3 Å². The quantitative estimate of drug-likeness (QED) is 0.629. The first-order chi connectivity index (χ1) is 10.1. The van der Waals surface area contributed by atoms with E-state index in [1.807, 2.05) is 31.2 Å². The average Bonchev–Trinajstić information content (AvgIpc) is 2.81. The highest BCUT2D eigenvalue weighted by Gasteiger charge is 2.12. The van der Waals surface area contributed by atoms with Crippen LogP contribution in [0.4, 0.5) is 0 Å². The third kappa shape index (κ3) is 3.91. The fourth-order valence-corrected chi connectivity index (χ4v) is 3.17. The average molecular weight is 308 g/mol. The van der Waals surface area contributed by atoms with E-state index in [9.17, 15) is 9.59 Å². The molecule has 1 aromatic carbocycles. The van der Waals surface area contributed by atoms with E-state index in [1.54, 1.807) is 16.3 Å². The Hall–Kier alpha value is -1.69. The second-order valence-corrected chi connectivity index (χ2v) is 6.10. The number of hydrogen-bond acceptors (Lipinski definition) is 4. The van der Waals surface area contributed by atoms with Gasteiger partial charge in [0.25, 0.3) is 0 Å². The largest absolute Gasteiger partial charge is 0.469 e. The van der Waals surface area contributed by atoms with Crippen molar-refractivity contribution in [1.82, 2.24) is 9.55 Å². The van der Waals surface area contributed by atoms with Crippen LogP contribution in [0.25, 0.3) is 11.0 Å². The van der Waals surface area contributed by atoms with Gasteiger partial charge in [0.2, 0.25) is 0 Å². The zero-order valence-corrected chi connectivity index (χ0v) is 13.1. The van der Waals surface area contributed by atoms with Crippen molar-refractivity contribution in [2.45, 2.75) is 19.9 Å². The number of fused-ring (bicyclic) bond motifs is 1. The monoisotopic (exact) mass is 308 g/mol. The summed E-state index contributed by atoms with van der Waals surface area (Å²) in [6.07, 6.45) is 0.889. The highest BCUT2D eigenvalue weighted by Crippen LogP contribution is 2.13. The van der Waals surface area contributed by atoms with Crippen molar-refractivity contribution in [2.75, 3.05) is 18.6 Å². The number of ether oxygens (including phenoxy) is 1. The molecule has 1 atom stereocenters. The fraction of sp³-hybridized carbons (Fsp3) is 0.467. The van der Waals surface area contributed by atoms with Crippen LogP contribution in [-0.2, 0) is 16.1 Å². The van der Waals surface area contributed by atoms with Gasteiger partial charge >= 0.3 is 11.7 Å². The lowest BCUT2D eigenvalue weighted by Crippen LogP contribution is -2.17. The Bertz CT molecular complexity index is 662. The molecular formula is C15H20N2O3S. The third-order valence-corrected chi connectivity index (χ3v) is 4.64. The fourth-order valence-electron chi connectivity index (χ4n) is 2.18. The van der Waals surface area contributed by atoms with Crippen LogP contribution in [0, 0.1) is 5.92 Å². The highest BCUT2D eigenvalue weighted by atomic mass is 32.2. The summed E-state index contributed by atoms with van der Waals surface area (Å²) in [6, 6.07) is 7.69. The molecule has 0 aliphatic rings. The molecule has 1 aromatic heterocycles. The molecule has 0 aliphatic carbocycles. The number of aromatic nitrogens is 2. The number of aryl methyl sites for hydroxylation is 1. The number of hydrogen-bond donors (Lipinski definition) is 1. The molecule has 114 valence electrons. The van der Waals surface area contributed by atoms with E-state index in [0.717, 1.165) is 29.0 Å². The van der Waals surface area contributed by atoms with Crippen LogP contribution >= 0.6 is 11.8 Å². The molecule has 0 fully saturated rings. The predicted molar refractivity (Wildman–Crippen MR) is 85.7 cm³/mol. The van der Waals surface area contributed by atoms with E-state index in [1.165, 1.54) is 7.11 Å². The van der Waals surface area contributed by atoms with Crippen molar-refractivity contribution in [3.05, 3.63) is 34.7 Å². The van der Waals surface area contributed by atoms with E-state index in [0.29, 0.717) is 6.54 Å². The van der Waals surface area contributed by atoms with E-state index < -0.39 is 0 Å². The van der Waals surface area contributed by atoms with Crippen molar-refractivity contribution in [3.8, 4) is 0 Å². The topological polar surface area (TPSA) is 64.1 Å². The molecule has 5 nitrogen and oxygen atoms in total. The zero-order valence-electron chi connectivity index (χ0n) is 12.3. The summed E-state index contributed by atoms with van der Waals surface area (Å²) in [5.74, 6) is 1.40. The summed E-state index contributed by atoms with van der Waals surface area (Å²) in [5.41, 5.74) is 1.74. The molecule has 1 N–H and O–H groups in total. The van der Waals surface area contributed by atoms with E-state index >= 15 is 0 Å².